The minimum Gasteiger partial charge on any atom is -0.454 e. The second-order valence-corrected chi connectivity index (χ2v) is 7.86. The molecular weight excluding hydrogens is 413 g/mol. The Morgan fingerprint density at radius 2 is 1.93 bits per heavy atom. The highest BCUT2D eigenvalue weighted by Crippen LogP contribution is 2.39. The summed E-state index contributed by atoms with van der Waals surface area (Å²) in [6, 6.07) is 5.68. The first-order valence-corrected chi connectivity index (χ1v) is 9.57. The number of alkyl halides is 3. The van der Waals surface area contributed by atoms with Gasteiger partial charge in [0.25, 0.3) is 0 Å². The van der Waals surface area contributed by atoms with Gasteiger partial charge in [0.15, 0.2) is 22.4 Å². The second-order valence-electron chi connectivity index (χ2n) is 6.65. The van der Waals surface area contributed by atoms with Crippen LogP contribution in [0.25, 0.3) is 11.3 Å². The van der Waals surface area contributed by atoms with E-state index in [-0.39, 0.29) is 36.5 Å². The first-order valence-electron chi connectivity index (χ1n) is 8.69. The van der Waals surface area contributed by atoms with Gasteiger partial charge >= 0.3 is 6.18 Å². The van der Waals surface area contributed by atoms with E-state index >= 15 is 0 Å². The number of fused-ring (bicyclic) bond motifs is 3. The van der Waals surface area contributed by atoms with Crippen LogP contribution in [-0.2, 0) is 20.4 Å². The molecule has 0 spiro atoms. The molecule has 0 N–H and O–H groups in total. The van der Waals surface area contributed by atoms with Gasteiger partial charge in [-0.3, -0.25) is 4.79 Å². The van der Waals surface area contributed by atoms with E-state index in [0.717, 1.165) is 17.8 Å². The number of benzene rings is 1. The summed E-state index contributed by atoms with van der Waals surface area (Å²) in [6.07, 6.45) is -5.79. The maximum Gasteiger partial charge on any atom is 0.433 e. The van der Waals surface area contributed by atoms with Crippen molar-refractivity contribution in [3.05, 3.63) is 30.0 Å². The maximum absolute atomic E-state index is 13.4. The number of rotatable bonds is 3. The average molecular weight is 426 g/mol. The highest BCUT2D eigenvalue weighted by atomic mass is 32.2. The molecule has 0 saturated carbocycles. The van der Waals surface area contributed by atoms with Gasteiger partial charge in [-0.05, 0) is 24.3 Å². The minimum absolute atomic E-state index is 0.0532. The Morgan fingerprint density at radius 1 is 1.10 bits per heavy atom. The monoisotopic (exact) mass is 426 g/mol. The number of hydrogen-bond donors (Lipinski definition) is 0. The molecule has 4 heterocycles. The summed E-state index contributed by atoms with van der Waals surface area (Å²) in [5.41, 5.74) is -0.535. The first kappa shape index (κ1) is 18.6. The fourth-order valence-electron chi connectivity index (χ4n) is 3.29. The zero-order valence-electron chi connectivity index (χ0n) is 14.6. The quantitative estimate of drug-likeness (QED) is 0.693. The minimum atomic E-state index is -4.65. The van der Waals surface area contributed by atoms with Gasteiger partial charge in [-0.2, -0.15) is 13.2 Å². The summed E-state index contributed by atoms with van der Waals surface area (Å²) < 4.78 is 61.5. The number of ketones is 1. The van der Waals surface area contributed by atoms with Crippen LogP contribution in [0.15, 0.2) is 29.4 Å². The summed E-state index contributed by atoms with van der Waals surface area (Å²) in [6.45, 7) is 0.264. The van der Waals surface area contributed by atoms with Gasteiger partial charge in [0, 0.05) is 17.2 Å². The Kier molecular flexibility index (Phi) is 4.41. The molecule has 0 radical (unpaired) electrons. The third kappa shape index (κ3) is 3.53. The van der Waals surface area contributed by atoms with Gasteiger partial charge in [0.05, 0.1) is 18.4 Å². The third-order valence-corrected chi connectivity index (χ3v) is 5.88. The molecule has 2 saturated heterocycles. The van der Waals surface area contributed by atoms with Gasteiger partial charge in [-0.1, -0.05) is 11.8 Å². The van der Waals surface area contributed by atoms with Crippen molar-refractivity contribution in [2.75, 3.05) is 13.4 Å². The Morgan fingerprint density at radius 3 is 2.76 bits per heavy atom. The van der Waals surface area contributed by atoms with Crippen LogP contribution in [0, 0.1) is 0 Å². The van der Waals surface area contributed by atoms with E-state index in [0.29, 0.717) is 17.1 Å². The van der Waals surface area contributed by atoms with Crippen molar-refractivity contribution in [2.24, 2.45) is 0 Å². The highest BCUT2D eigenvalue weighted by molar-refractivity contribution is 7.99. The van der Waals surface area contributed by atoms with E-state index in [9.17, 15) is 18.0 Å². The van der Waals surface area contributed by atoms with E-state index in [2.05, 4.69) is 9.97 Å². The number of ether oxygens (including phenoxy) is 4. The molecule has 2 fully saturated rings. The van der Waals surface area contributed by atoms with Crippen LogP contribution in [0.1, 0.15) is 12.1 Å². The number of aromatic nitrogens is 2. The molecule has 0 unspecified atom stereocenters. The predicted octanol–water partition coefficient (Wildman–Crippen LogP) is 3.07. The SMILES string of the molecule is O=C1C[C@@H](Sc2nc(-c3ccc4c(c3)OCO4)cc(C(F)(F)F)n2)[C@@H]2CO[C@@H]1O2. The van der Waals surface area contributed by atoms with Crippen LogP contribution >= 0.6 is 11.8 Å². The molecule has 7 nitrogen and oxygen atoms in total. The number of halogens is 3. The maximum atomic E-state index is 13.4. The second kappa shape index (κ2) is 6.85. The van der Waals surface area contributed by atoms with Crippen molar-refractivity contribution in [3.63, 3.8) is 0 Å². The number of carbonyl (C=O) groups excluding carboxylic acids is 1. The highest BCUT2D eigenvalue weighted by Gasteiger charge is 2.44. The van der Waals surface area contributed by atoms with Crippen molar-refractivity contribution in [1.29, 1.82) is 0 Å². The normalized spacial score (nSPS) is 25.5. The van der Waals surface area contributed by atoms with Crippen molar-refractivity contribution >= 4 is 17.5 Å². The van der Waals surface area contributed by atoms with Crippen LogP contribution in [0.4, 0.5) is 13.2 Å². The van der Waals surface area contributed by atoms with Crippen LogP contribution in [-0.4, -0.2) is 46.8 Å². The molecule has 29 heavy (non-hydrogen) atoms. The molecule has 1 aromatic heterocycles. The van der Waals surface area contributed by atoms with E-state index in [4.69, 9.17) is 18.9 Å². The topological polar surface area (TPSA) is 79.8 Å². The Hall–Kier alpha value is -2.37. The first-order chi connectivity index (χ1) is 13.9. The molecule has 0 aliphatic carbocycles. The van der Waals surface area contributed by atoms with Gasteiger partial charge in [-0.25, -0.2) is 9.97 Å². The van der Waals surface area contributed by atoms with Crippen molar-refractivity contribution in [3.8, 4) is 22.8 Å². The van der Waals surface area contributed by atoms with Crippen molar-refractivity contribution in [2.45, 2.75) is 35.4 Å². The average Bonchev–Trinajstić information content (AvgIpc) is 3.32. The molecular formula is C18H13F3N2O5S. The Labute approximate surface area is 166 Å². The molecule has 2 bridgehead atoms. The lowest BCUT2D eigenvalue weighted by molar-refractivity contribution is -0.151. The van der Waals surface area contributed by atoms with Crippen LogP contribution in [0.2, 0.25) is 0 Å². The number of nitrogens with zero attached hydrogens (tertiary/aromatic N) is 2. The molecule has 3 atom stereocenters. The fourth-order valence-corrected chi connectivity index (χ4v) is 4.40. The van der Waals surface area contributed by atoms with Gasteiger partial charge in [0.1, 0.15) is 5.69 Å². The van der Waals surface area contributed by atoms with Crippen LogP contribution in [0.5, 0.6) is 11.5 Å². The van der Waals surface area contributed by atoms with Crippen LogP contribution in [0.3, 0.4) is 0 Å². The standard InChI is InChI=1S/C18H13F3N2O5S/c19-18(20,21)15-4-9(8-1-2-11-12(3-8)27-7-26-11)22-17(23-15)29-14-5-10(24)16-25-6-13(14)28-16/h1-4,13-14,16H,5-7H2/t13-,14+,16+/m0/s1. The molecule has 3 aliphatic heterocycles. The summed E-state index contributed by atoms with van der Waals surface area (Å²) >= 11 is 0.988. The van der Waals surface area contributed by atoms with E-state index in [1.807, 2.05) is 0 Å². The third-order valence-electron chi connectivity index (χ3n) is 4.71. The number of hydrogen-bond acceptors (Lipinski definition) is 8. The Bertz CT molecular complexity index is 986. The summed E-state index contributed by atoms with van der Waals surface area (Å²) in [7, 11) is 0. The lowest BCUT2D eigenvalue weighted by Gasteiger charge is -2.25. The summed E-state index contributed by atoms with van der Waals surface area (Å²) in [5, 5.41) is -0.506. The lowest BCUT2D eigenvalue weighted by atomic mass is 10.1. The van der Waals surface area contributed by atoms with Gasteiger partial charge in [0.2, 0.25) is 13.1 Å². The molecule has 5 rings (SSSR count). The zero-order valence-corrected chi connectivity index (χ0v) is 15.5. The molecule has 11 heteroatoms. The molecule has 3 aliphatic rings. The largest absolute Gasteiger partial charge is 0.454 e. The van der Waals surface area contributed by atoms with Crippen molar-refractivity contribution < 1.29 is 36.9 Å². The zero-order chi connectivity index (χ0) is 20.2. The molecule has 1 aromatic carbocycles. The van der Waals surface area contributed by atoms with E-state index in [1.54, 1.807) is 18.2 Å². The van der Waals surface area contributed by atoms with Crippen molar-refractivity contribution in [1.82, 2.24) is 9.97 Å². The number of Topliss-reactive ketones (excluding diaryl/α,β-unsaturated/α-hetero) is 1. The van der Waals surface area contributed by atoms with E-state index < -0.39 is 29.5 Å². The van der Waals surface area contributed by atoms with E-state index in [1.165, 1.54) is 0 Å². The lowest BCUT2D eigenvalue weighted by Crippen LogP contribution is -2.37. The summed E-state index contributed by atoms with van der Waals surface area (Å²) in [5.74, 6) is 0.714. The number of carbonyl (C=O) groups is 1. The van der Waals surface area contributed by atoms with Gasteiger partial charge < -0.3 is 18.9 Å². The molecule has 152 valence electrons. The Balaban J connectivity index is 1.50. The molecule has 0 amide bonds. The fraction of sp³-hybridized carbons (Fsp3) is 0.389. The van der Waals surface area contributed by atoms with Crippen LogP contribution < -0.4 is 9.47 Å². The van der Waals surface area contributed by atoms with Gasteiger partial charge in [-0.15, -0.1) is 0 Å². The molecule has 2 aromatic rings. The summed E-state index contributed by atoms with van der Waals surface area (Å²) in [4.78, 5) is 19.9. The smallest absolute Gasteiger partial charge is 0.433 e. The predicted molar refractivity (Wildman–Crippen MR) is 92.5 cm³/mol. The number of thioether (sulfide) groups is 1.